The minimum absolute atomic E-state index is 0.0672. The van der Waals surface area contributed by atoms with Crippen molar-refractivity contribution in [3.8, 4) is 0 Å². The van der Waals surface area contributed by atoms with Crippen LogP contribution in [0.5, 0.6) is 0 Å². The average molecular weight is 471 g/mol. The number of rotatable bonds is 6. The van der Waals surface area contributed by atoms with Crippen molar-refractivity contribution in [2.24, 2.45) is 0 Å². The molecule has 2 aromatic rings. The third-order valence-corrected chi connectivity index (χ3v) is 6.69. The van der Waals surface area contributed by atoms with Crippen molar-refractivity contribution in [1.29, 1.82) is 0 Å². The van der Waals surface area contributed by atoms with Crippen molar-refractivity contribution >= 4 is 35.7 Å². The third kappa shape index (κ3) is 4.95. The molecule has 0 aliphatic carbocycles. The zero-order valence-electron chi connectivity index (χ0n) is 17.7. The summed E-state index contributed by atoms with van der Waals surface area (Å²) < 4.78 is 15.6. The number of methoxy groups -OCH3 is 1. The Morgan fingerprint density at radius 2 is 1.73 bits per heavy atom. The topological polar surface area (TPSA) is 111 Å². The highest BCUT2D eigenvalue weighted by Gasteiger charge is 2.57. The van der Waals surface area contributed by atoms with E-state index in [9.17, 15) is 19.2 Å². The molecule has 0 radical (unpaired) electrons. The maximum absolute atomic E-state index is 13.0. The fourth-order valence-corrected chi connectivity index (χ4v) is 5.26. The van der Waals surface area contributed by atoms with Crippen LogP contribution < -0.4 is 5.32 Å². The number of hydrogen-bond donors (Lipinski definition) is 1. The summed E-state index contributed by atoms with van der Waals surface area (Å²) in [6, 6.07) is 15.5. The third-order valence-electron chi connectivity index (χ3n) is 5.33. The van der Waals surface area contributed by atoms with Gasteiger partial charge >= 0.3 is 18.0 Å². The molecule has 2 aliphatic rings. The zero-order valence-corrected chi connectivity index (χ0v) is 18.5. The standard InChI is InChI=1S/C23H22N2O7S/c1-30-21(28)18-22(32-20(27)15-10-6-3-7-11-15)33-17-12-16(19(26)25(17)18)24-23(29)31-13-14-8-4-2-5-9-14/h2-11,16-18,22H,12-13H2,1H3,(H,24,29)/t16-,17-,18+,22-/m1/s1. The minimum atomic E-state index is -1.11. The zero-order chi connectivity index (χ0) is 23.4. The molecule has 2 heterocycles. The van der Waals surface area contributed by atoms with Gasteiger partial charge in [0.15, 0.2) is 11.5 Å². The number of ether oxygens (including phenoxy) is 3. The van der Waals surface area contributed by atoms with Crippen molar-refractivity contribution in [3.63, 3.8) is 0 Å². The first-order chi connectivity index (χ1) is 16.0. The molecule has 2 aliphatic heterocycles. The van der Waals surface area contributed by atoms with Gasteiger partial charge in [0.2, 0.25) is 5.91 Å². The molecule has 0 spiro atoms. The molecule has 2 aromatic carbocycles. The molecule has 2 saturated heterocycles. The predicted octanol–water partition coefficient (Wildman–Crippen LogP) is 2.31. The van der Waals surface area contributed by atoms with Crippen molar-refractivity contribution in [2.75, 3.05) is 7.11 Å². The Labute approximate surface area is 194 Å². The van der Waals surface area contributed by atoms with Crippen molar-refractivity contribution < 1.29 is 33.4 Å². The molecule has 0 unspecified atom stereocenters. The van der Waals surface area contributed by atoms with Gasteiger partial charge in [-0.25, -0.2) is 14.4 Å². The number of benzene rings is 2. The van der Waals surface area contributed by atoms with Crippen LogP contribution in [0.2, 0.25) is 0 Å². The molecular formula is C23H22N2O7S. The maximum atomic E-state index is 13.0. The Kier molecular flexibility index (Phi) is 6.83. The molecule has 33 heavy (non-hydrogen) atoms. The SMILES string of the molecule is COC(=O)[C@H]1[C@H](OC(=O)c2ccccc2)S[C@@H]2C[C@@H](NC(=O)OCc3ccccc3)C(=O)N21. The van der Waals surface area contributed by atoms with Gasteiger partial charge in [0.1, 0.15) is 12.6 Å². The van der Waals surface area contributed by atoms with Gasteiger partial charge in [-0.15, -0.1) is 0 Å². The second-order valence-electron chi connectivity index (χ2n) is 7.44. The van der Waals surface area contributed by atoms with Crippen LogP contribution in [0.4, 0.5) is 4.79 Å². The van der Waals surface area contributed by atoms with Gasteiger partial charge in [0.05, 0.1) is 18.0 Å². The Hall–Kier alpha value is -3.53. The highest BCUT2D eigenvalue weighted by molar-refractivity contribution is 8.00. The average Bonchev–Trinajstić information content (AvgIpc) is 3.33. The molecule has 0 bridgehead atoms. The van der Waals surface area contributed by atoms with Crippen LogP contribution in [0, 0.1) is 0 Å². The molecule has 10 heteroatoms. The number of alkyl carbamates (subject to hydrolysis) is 1. The van der Waals surface area contributed by atoms with Crippen LogP contribution in [0.1, 0.15) is 22.3 Å². The van der Waals surface area contributed by atoms with E-state index in [1.165, 1.54) is 23.8 Å². The van der Waals surface area contributed by atoms with Crippen LogP contribution in [0.3, 0.4) is 0 Å². The van der Waals surface area contributed by atoms with Gasteiger partial charge in [0, 0.05) is 6.42 Å². The molecule has 0 aromatic heterocycles. The Morgan fingerprint density at radius 1 is 1.06 bits per heavy atom. The number of carbonyl (C=O) groups excluding carboxylic acids is 4. The number of amides is 2. The molecule has 172 valence electrons. The first-order valence-corrected chi connectivity index (χ1v) is 11.2. The van der Waals surface area contributed by atoms with Crippen molar-refractivity contribution in [2.45, 2.75) is 35.9 Å². The van der Waals surface area contributed by atoms with E-state index in [1.807, 2.05) is 30.3 Å². The lowest BCUT2D eigenvalue weighted by atomic mass is 10.2. The lowest BCUT2D eigenvalue weighted by molar-refractivity contribution is -0.153. The molecule has 2 amide bonds. The summed E-state index contributed by atoms with van der Waals surface area (Å²) in [4.78, 5) is 51.5. The molecule has 9 nitrogen and oxygen atoms in total. The second-order valence-corrected chi connectivity index (χ2v) is 8.72. The fraction of sp³-hybridized carbons (Fsp3) is 0.304. The van der Waals surface area contributed by atoms with Gasteiger partial charge in [-0.3, -0.25) is 4.79 Å². The fourth-order valence-electron chi connectivity index (χ4n) is 3.75. The Balaban J connectivity index is 1.39. The highest BCUT2D eigenvalue weighted by atomic mass is 32.2. The maximum Gasteiger partial charge on any atom is 0.408 e. The molecule has 4 atom stereocenters. The predicted molar refractivity (Wildman–Crippen MR) is 118 cm³/mol. The smallest absolute Gasteiger partial charge is 0.408 e. The number of nitrogens with one attached hydrogen (secondary N) is 1. The minimum Gasteiger partial charge on any atom is -0.467 e. The van der Waals surface area contributed by atoms with E-state index < -0.39 is 46.8 Å². The first kappa shape index (κ1) is 22.7. The summed E-state index contributed by atoms with van der Waals surface area (Å²) in [5, 5.41) is 2.10. The number of esters is 2. The molecular weight excluding hydrogens is 448 g/mol. The van der Waals surface area contributed by atoms with Gasteiger partial charge in [-0.05, 0) is 17.7 Å². The number of nitrogens with zero attached hydrogens (tertiary/aromatic N) is 1. The van der Waals surface area contributed by atoms with Gasteiger partial charge < -0.3 is 24.4 Å². The van der Waals surface area contributed by atoms with E-state index in [2.05, 4.69) is 5.32 Å². The molecule has 0 saturated carbocycles. The summed E-state index contributed by atoms with van der Waals surface area (Å²) >= 11 is 1.17. The van der Waals surface area contributed by atoms with Crippen LogP contribution in [-0.2, 0) is 30.4 Å². The first-order valence-electron chi connectivity index (χ1n) is 10.3. The molecule has 1 N–H and O–H groups in total. The molecule has 4 rings (SSSR count). The lowest BCUT2D eigenvalue weighted by Gasteiger charge is -2.24. The summed E-state index contributed by atoms with van der Waals surface area (Å²) in [5.74, 6) is -1.76. The lowest BCUT2D eigenvalue weighted by Crippen LogP contribution is -2.50. The Bertz CT molecular complexity index is 1030. The van der Waals surface area contributed by atoms with E-state index in [1.54, 1.807) is 30.3 Å². The van der Waals surface area contributed by atoms with Crippen LogP contribution in [0.25, 0.3) is 0 Å². The van der Waals surface area contributed by atoms with Gasteiger partial charge in [-0.1, -0.05) is 60.3 Å². The number of thioether (sulfide) groups is 1. The van der Waals surface area contributed by atoms with E-state index in [0.29, 0.717) is 5.56 Å². The van der Waals surface area contributed by atoms with E-state index in [0.717, 1.165) is 5.56 Å². The highest BCUT2D eigenvalue weighted by Crippen LogP contribution is 2.43. The summed E-state index contributed by atoms with van der Waals surface area (Å²) in [6.45, 7) is 0.0672. The van der Waals surface area contributed by atoms with Crippen molar-refractivity contribution in [1.82, 2.24) is 10.2 Å². The van der Waals surface area contributed by atoms with E-state index in [4.69, 9.17) is 14.2 Å². The number of carbonyl (C=O) groups is 4. The second kappa shape index (κ2) is 9.95. The largest absolute Gasteiger partial charge is 0.467 e. The normalized spacial score (nSPS) is 23.5. The van der Waals surface area contributed by atoms with Crippen LogP contribution in [-0.4, -0.2) is 58.8 Å². The quantitative estimate of drug-likeness (QED) is 0.506. The summed E-state index contributed by atoms with van der Waals surface area (Å²) in [5.41, 5.74) is 0.223. The Morgan fingerprint density at radius 3 is 2.39 bits per heavy atom. The molecule has 2 fully saturated rings. The monoisotopic (exact) mass is 470 g/mol. The van der Waals surface area contributed by atoms with Gasteiger partial charge in [-0.2, -0.15) is 0 Å². The summed E-state index contributed by atoms with van der Waals surface area (Å²) in [6.07, 6.45) is -0.498. The number of hydrogen-bond acceptors (Lipinski definition) is 8. The van der Waals surface area contributed by atoms with Crippen molar-refractivity contribution in [3.05, 3.63) is 71.8 Å². The summed E-state index contributed by atoms with van der Waals surface area (Å²) in [7, 11) is 1.20. The number of fused-ring (bicyclic) bond motifs is 1. The van der Waals surface area contributed by atoms with Crippen LogP contribution in [0.15, 0.2) is 60.7 Å². The van der Waals surface area contributed by atoms with Gasteiger partial charge in [0.25, 0.3) is 0 Å². The van der Waals surface area contributed by atoms with Crippen LogP contribution >= 0.6 is 11.8 Å². The van der Waals surface area contributed by atoms with E-state index in [-0.39, 0.29) is 13.0 Å². The van der Waals surface area contributed by atoms with E-state index >= 15 is 0 Å².